The number of allylic oxidation sites excluding steroid dienone is 7. The van der Waals surface area contributed by atoms with Gasteiger partial charge in [-0.3, -0.25) is 0 Å². The average Bonchev–Trinajstić information content (AvgIpc) is 2.50. The molecule has 0 saturated heterocycles. The Morgan fingerprint density at radius 2 is 2.00 bits per heavy atom. The zero-order valence-corrected chi connectivity index (χ0v) is 12.9. The molecule has 2 N–H and O–H groups in total. The Hall–Kier alpha value is -1.80. The second-order valence-electron chi connectivity index (χ2n) is 6.21. The molecule has 0 radical (unpaired) electrons. The van der Waals surface area contributed by atoms with Crippen LogP contribution in [0.15, 0.2) is 72.0 Å². The highest BCUT2D eigenvalue weighted by molar-refractivity contribution is 5.49. The molecule has 0 spiro atoms. The van der Waals surface area contributed by atoms with Crippen molar-refractivity contribution in [1.29, 1.82) is 0 Å². The van der Waals surface area contributed by atoms with Crippen LogP contribution in [0.4, 0.5) is 0 Å². The van der Waals surface area contributed by atoms with E-state index >= 15 is 0 Å². The second kappa shape index (κ2) is 5.53. The van der Waals surface area contributed by atoms with Gasteiger partial charge >= 0.3 is 0 Å². The maximum absolute atomic E-state index is 6.01. The summed E-state index contributed by atoms with van der Waals surface area (Å²) in [6.07, 6.45) is 17.6. The maximum Gasteiger partial charge on any atom is 0.0658 e. The largest absolute Gasteiger partial charge is 0.357 e. The predicted octanol–water partition coefficient (Wildman–Crippen LogP) is 3.54. The third kappa shape index (κ3) is 2.34. The van der Waals surface area contributed by atoms with E-state index in [1.54, 1.807) is 0 Å². The lowest BCUT2D eigenvalue weighted by Crippen LogP contribution is -2.47. The summed E-state index contributed by atoms with van der Waals surface area (Å²) in [6, 6.07) is 0.283. The van der Waals surface area contributed by atoms with Crippen molar-refractivity contribution in [3.05, 3.63) is 72.0 Å². The van der Waals surface area contributed by atoms with Gasteiger partial charge in [-0.1, -0.05) is 62.5 Å². The highest BCUT2D eigenvalue weighted by atomic mass is 15.2. The topological polar surface area (TPSA) is 29.3 Å². The van der Waals surface area contributed by atoms with E-state index in [2.05, 4.69) is 74.1 Å². The van der Waals surface area contributed by atoms with Gasteiger partial charge in [0.25, 0.3) is 0 Å². The van der Waals surface area contributed by atoms with E-state index in [1.807, 2.05) is 0 Å². The summed E-state index contributed by atoms with van der Waals surface area (Å²) in [4.78, 5) is 2.25. The van der Waals surface area contributed by atoms with Gasteiger partial charge in [0.05, 0.1) is 12.7 Å². The SMILES string of the molecule is C=C1/C=C\C(C)C2=CC=CC(C)C2C2C1=CC=CN2CN. The van der Waals surface area contributed by atoms with Crippen molar-refractivity contribution >= 4 is 0 Å². The Labute approximate surface area is 127 Å². The van der Waals surface area contributed by atoms with Crippen LogP contribution >= 0.6 is 0 Å². The molecule has 0 aromatic carbocycles. The van der Waals surface area contributed by atoms with Crippen molar-refractivity contribution in [2.75, 3.05) is 6.67 Å². The molecule has 2 aliphatic carbocycles. The molecular weight excluding hydrogens is 256 g/mol. The lowest BCUT2D eigenvalue weighted by atomic mass is 9.69. The van der Waals surface area contributed by atoms with Crippen molar-refractivity contribution < 1.29 is 0 Å². The molecule has 4 atom stereocenters. The Bertz CT molecular complexity index is 589. The van der Waals surface area contributed by atoms with Gasteiger partial charge in [-0.15, -0.1) is 0 Å². The van der Waals surface area contributed by atoms with E-state index in [0.29, 0.717) is 24.4 Å². The molecule has 1 heterocycles. The fourth-order valence-electron chi connectivity index (χ4n) is 3.77. The molecule has 3 aliphatic rings. The zero-order valence-electron chi connectivity index (χ0n) is 12.9. The van der Waals surface area contributed by atoms with Crippen molar-refractivity contribution in [1.82, 2.24) is 4.90 Å². The van der Waals surface area contributed by atoms with Gasteiger partial charge in [-0.25, -0.2) is 0 Å². The highest BCUT2D eigenvalue weighted by Gasteiger charge is 2.38. The minimum absolute atomic E-state index is 0.283. The molecule has 0 saturated carbocycles. The average molecular weight is 280 g/mol. The van der Waals surface area contributed by atoms with Crippen molar-refractivity contribution in [2.24, 2.45) is 23.5 Å². The minimum atomic E-state index is 0.283. The zero-order chi connectivity index (χ0) is 15.0. The maximum atomic E-state index is 6.01. The number of nitrogens with zero attached hydrogens (tertiary/aromatic N) is 1. The third-order valence-electron chi connectivity index (χ3n) is 4.92. The van der Waals surface area contributed by atoms with Crippen molar-refractivity contribution in [3.8, 4) is 0 Å². The quantitative estimate of drug-likeness (QED) is 0.796. The van der Waals surface area contributed by atoms with Crippen LogP contribution < -0.4 is 5.73 Å². The Kier molecular flexibility index (Phi) is 3.73. The molecule has 0 aromatic rings. The van der Waals surface area contributed by atoms with Gasteiger partial charge in [0.2, 0.25) is 0 Å². The van der Waals surface area contributed by atoms with E-state index in [4.69, 9.17) is 5.73 Å². The minimum Gasteiger partial charge on any atom is -0.357 e. The van der Waals surface area contributed by atoms with Gasteiger partial charge in [-0.05, 0) is 29.1 Å². The number of rotatable bonds is 1. The van der Waals surface area contributed by atoms with Gasteiger partial charge in [-0.2, -0.15) is 0 Å². The van der Waals surface area contributed by atoms with Crippen molar-refractivity contribution in [3.63, 3.8) is 0 Å². The van der Waals surface area contributed by atoms with E-state index in [0.717, 1.165) is 5.57 Å². The fourth-order valence-corrected chi connectivity index (χ4v) is 3.77. The van der Waals surface area contributed by atoms with E-state index < -0.39 is 0 Å². The molecule has 1 aliphatic heterocycles. The van der Waals surface area contributed by atoms with Crippen LogP contribution in [0.1, 0.15) is 13.8 Å². The summed E-state index contributed by atoms with van der Waals surface area (Å²) in [7, 11) is 0. The number of hydrogen-bond acceptors (Lipinski definition) is 2. The standard InChI is InChI=1S/C19H24N2/c1-13-9-10-14(2)17-8-5-11-21(12-20)19(17)18-15(3)6-4-7-16(13)18/h4-11,13,15,18-19H,2,12,20H2,1,3H3/b10-9-. The Morgan fingerprint density at radius 3 is 2.76 bits per heavy atom. The Morgan fingerprint density at radius 1 is 1.19 bits per heavy atom. The summed E-state index contributed by atoms with van der Waals surface area (Å²) in [5.41, 5.74) is 9.91. The van der Waals surface area contributed by atoms with Crippen LogP contribution in [-0.2, 0) is 0 Å². The number of nitrogens with two attached hydrogens (primary N) is 1. The summed E-state index contributed by atoms with van der Waals surface area (Å²) in [5, 5.41) is 0. The molecule has 2 nitrogen and oxygen atoms in total. The molecule has 21 heavy (non-hydrogen) atoms. The molecule has 4 unspecified atom stereocenters. The van der Waals surface area contributed by atoms with Crippen LogP contribution in [-0.4, -0.2) is 17.6 Å². The van der Waals surface area contributed by atoms with Crippen LogP contribution in [0.25, 0.3) is 0 Å². The molecule has 0 aromatic heterocycles. The highest BCUT2D eigenvalue weighted by Crippen LogP contribution is 2.42. The van der Waals surface area contributed by atoms with Gasteiger partial charge in [0, 0.05) is 12.1 Å². The van der Waals surface area contributed by atoms with Gasteiger partial charge in [0.1, 0.15) is 0 Å². The lowest BCUT2D eigenvalue weighted by molar-refractivity contribution is 0.220. The summed E-state index contributed by atoms with van der Waals surface area (Å²) in [5.74, 6) is 1.39. The van der Waals surface area contributed by atoms with Crippen molar-refractivity contribution in [2.45, 2.75) is 19.9 Å². The number of hydrogen-bond donors (Lipinski definition) is 1. The van der Waals surface area contributed by atoms with Gasteiger partial charge in [0.15, 0.2) is 0 Å². The molecule has 2 heteroatoms. The summed E-state index contributed by atoms with van der Waals surface area (Å²) in [6.45, 7) is 9.38. The first kappa shape index (κ1) is 14.2. The van der Waals surface area contributed by atoms with E-state index in [9.17, 15) is 0 Å². The monoisotopic (exact) mass is 280 g/mol. The molecule has 0 bridgehead atoms. The number of fused-ring (bicyclic) bond motifs is 3. The first-order valence-electron chi connectivity index (χ1n) is 7.73. The Balaban J connectivity index is 2.14. The normalized spacial score (nSPS) is 36.1. The fraction of sp³-hybridized carbons (Fsp3) is 0.368. The van der Waals surface area contributed by atoms with Gasteiger partial charge < -0.3 is 10.6 Å². The second-order valence-corrected chi connectivity index (χ2v) is 6.21. The molecule has 3 rings (SSSR count). The van der Waals surface area contributed by atoms with Crippen LogP contribution in [0, 0.1) is 17.8 Å². The van der Waals surface area contributed by atoms with Crippen LogP contribution in [0.3, 0.4) is 0 Å². The summed E-state index contributed by atoms with van der Waals surface area (Å²) >= 11 is 0. The van der Waals surface area contributed by atoms with E-state index in [1.165, 1.54) is 11.1 Å². The molecule has 0 fully saturated rings. The predicted molar refractivity (Wildman–Crippen MR) is 89.2 cm³/mol. The third-order valence-corrected chi connectivity index (χ3v) is 4.92. The summed E-state index contributed by atoms with van der Waals surface area (Å²) < 4.78 is 0. The first-order chi connectivity index (χ1) is 10.1. The first-order valence-corrected chi connectivity index (χ1v) is 7.73. The molecule has 110 valence electrons. The molecule has 0 amide bonds. The van der Waals surface area contributed by atoms with Crippen LogP contribution in [0.5, 0.6) is 0 Å². The van der Waals surface area contributed by atoms with Crippen LogP contribution in [0.2, 0.25) is 0 Å². The smallest absolute Gasteiger partial charge is 0.0658 e. The molecular formula is C19H24N2. The lowest BCUT2D eigenvalue weighted by Gasteiger charge is -2.45. The van der Waals surface area contributed by atoms with E-state index in [-0.39, 0.29) is 6.04 Å².